The van der Waals surface area contributed by atoms with Crippen molar-refractivity contribution in [3.63, 3.8) is 0 Å². The number of aromatic carboxylic acids is 1. The van der Waals surface area contributed by atoms with Crippen molar-refractivity contribution in [3.8, 4) is 5.75 Å². The number of carbonyl (C=O) groups excluding carboxylic acids is 1. The predicted octanol–water partition coefficient (Wildman–Crippen LogP) is 2.95. The zero-order valence-corrected chi connectivity index (χ0v) is 15.7. The largest absolute Gasteiger partial charge is 0.497 e. The van der Waals surface area contributed by atoms with Gasteiger partial charge in [-0.25, -0.2) is 4.79 Å². The van der Waals surface area contributed by atoms with Gasteiger partial charge in [-0.15, -0.1) is 0 Å². The Bertz CT molecular complexity index is 792. The van der Waals surface area contributed by atoms with Crippen LogP contribution in [0, 0.1) is 0 Å². The summed E-state index contributed by atoms with van der Waals surface area (Å²) in [5, 5.41) is 13.2. The molecular weight excluding hydrogens is 346 g/mol. The first kappa shape index (κ1) is 18.9. The number of hydrogen-bond donors (Lipinski definition) is 1. The molecule has 7 nitrogen and oxygen atoms in total. The number of hydrogen-bond acceptors (Lipinski definition) is 4. The smallest absolute Gasteiger partial charge is 0.338 e. The lowest BCUT2D eigenvalue weighted by Crippen LogP contribution is -2.39. The van der Waals surface area contributed by atoms with Crippen molar-refractivity contribution < 1.29 is 19.4 Å². The number of ether oxygens (including phenoxy) is 1. The van der Waals surface area contributed by atoms with Crippen molar-refractivity contribution in [3.05, 3.63) is 47.8 Å². The van der Waals surface area contributed by atoms with Gasteiger partial charge in [0.25, 0.3) is 0 Å². The fourth-order valence-corrected chi connectivity index (χ4v) is 3.47. The minimum absolute atomic E-state index is 0.140. The van der Waals surface area contributed by atoms with Gasteiger partial charge in [0, 0.05) is 25.7 Å². The highest BCUT2D eigenvalue weighted by Gasteiger charge is 2.25. The van der Waals surface area contributed by atoms with Gasteiger partial charge in [0.2, 0.25) is 5.91 Å². The normalized spacial score (nSPS) is 16.1. The molecule has 0 radical (unpaired) electrons. The van der Waals surface area contributed by atoms with Gasteiger partial charge in [-0.05, 0) is 36.5 Å². The number of methoxy groups -OCH3 is 1. The van der Waals surface area contributed by atoms with Crippen molar-refractivity contribution in [2.24, 2.45) is 0 Å². The van der Waals surface area contributed by atoms with E-state index in [4.69, 9.17) is 9.84 Å². The van der Waals surface area contributed by atoms with Crippen LogP contribution >= 0.6 is 0 Å². The third-order valence-corrected chi connectivity index (χ3v) is 5.21. The lowest BCUT2D eigenvalue weighted by molar-refractivity contribution is -0.132. The van der Waals surface area contributed by atoms with Crippen LogP contribution in [0.15, 0.2) is 36.7 Å². The fourth-order valence-electron chi connectivity index (χ4n) is 3.47. The van der Waals surface area contributed by atoms with E-state index in [0.717, 1.165) is 24.2 Å². The number of aromatic nitrogens is 2. The second-order valence-electron chi connectivity index (χ2n) is 7.00. The molecule has 1 aromatic heterocycles. The molecule has 1 atom stereocenters. The van der Waals surface area contributed by atoms with Crippen LogP contribution in [0.4, 0.5) is 0 Å². The Morgan fingerprint density at radius 1 is 1.26 bits per heavy atom. The number of carbonyl (C=O) groups is 2. The standard InChI is InChI=1S/C20H25N3O4/c1-14(15-3-5-18(27-2)6-4-15)11-19(24)22-9-7-17(8-10-22)23-13-16(12-21-23)20(25)26/h3-6,12-14,17H,7-11H2,1-2H3,(H,25,26). The Labute approximate surface area is 158 Å². The fraction of sp³-hybridized carbons (Fsp3) is 0.450. The molecule has 1 amide bonds. The van der Waals surface area contributed by atoms with Crippen LogP contribution in [0.1, 0.15) is 54.1 Å². The van der Waals surface area contributed by atoms with Gasteiger partial charge in [0.15, 0.2) is 0 Å². The molecule has 1 aliphatic rings. The van der Waals surface area contributed by atoms with E-state index < -0.39 is 5.97 Å². The monoisotopic (exact) mass is 371 g/mol. The summed E-state index contributed by atoms with van der Waals surface area (Å²) in [6.07, 6.45) is 4.97. The Morgan fingerprint density at radius 3 is 2.48 bits per heavy atom. The summed E-state index contributed by atoms with van der Waals surface area (Å²) in [5.41, 5.74) is 1.32. The molecule has 7 heteroatoms. The van der Waals surface area contributed by atoms with Gasteiger partial charge in [-0.2, -0.15) is 5.10 Å². The molecule has 0 spiro atoms. The number of rotatable bonds is 6. The molecule has 1 unspecified atom stereocenters. The second kappa shape index (κ2) is 8.24. The van der Waals surface area contributed by atoms with E-state index in [9.17, 15) is 9.59 Å². The minimum Gasteiger partial charge on any atom is -0.497 e. The maximum atomic E-state index is 12.6. The van der Waals surface area contributed by atoms with Crippen LogP contribution < -0.4 is 4.74 Å². The van der Waals surface area contributed by atoms with E-state index in [-0.39, 0.29) is 23.4 Å². The van der Waals surface area contributed by atoms with Crippen molar-refractivity contribution in [2.75, 3.05) is 20.2 Å². The van der Waals surface area contributed by atoms with Gasteiger partial charge in [-0.1, -0.05) is 19.1 Å². The molecule has 1 fully saturated rings. The average molecular weight is 371 g/mol. The molecule has 1 N–H and O–H groups in total. The predicted molar refractivity (Wildman–Crippen MR) is 100 cm³/mol. The number of likely N-dealkylation sites (tertiary alicyclic amines) is 1. The summed E-state index contributed by atoms with van der Waals surface area (Å²) in [7, 11) is 1.64. The van der Waals surface area contributed by atoms with E-state index >= 15 is 0 Å². The van der Waals surface area contributed by atoms with Gasteiger partial charge < -0.3 is 14.7 Å². The Hall–Kier alpha value is -2.83. The third kappa shape index (κ3) is 4.48. The first-order valence-electron chi connectivity index (χ1n) is 9.17. The summed E-state index contributed by atoms with van der Waals surface area (Å²) in [6.45, 7) is 3.39. The lowest BCUT2D eigenvalue weighted by Gasteiger charge is -2.32. The quantitative estimate of drug-likeness (QED) is 0.844. The summed E-state index contributed by atoms with van der Waals surface area (Å²) < 4.78 is 6.89. The molecule has 144 valence electrons. The van der Waals surface area contributed by atoms with E-state index in [2.05, 4.69) is 12.0 Å². The molecule has 1 aromatic carbocycles. The van der Waals surface area contributed by atoms with Gasteiger partial charge in [0.05, 0.1) is 24.9 Å². The number of carboxylic acids is 1. The number of piperidine rings is 1. The third-order valence-electron chi connectivity index (χ3n) is 5.21. The van der Waals surface area contributed by atoms with Gasteiger partial charge in [0.1, 0.15) is 5.75 Å². The number of carboxylic acid groups (broad SMARTS) is 1. The van der Waals surface area contributed by atoms with Crippen molar-refractivity contribution in [1.29, 1.82) is 0 Å². The zero-order chi connectivity index (χ0) is 19.4. The molecule has 2 heterocycles. The molecule has 2 aromatic rings. The van der Waals surface area contributed by atoms with Crippen molar-refractivity contribution in [2.45, 2.75) is 38.1 Å². The summed E-state index contributed by atoms with van der Waals surface area (Å²) in [4.78, 5) is 25.5. The highest BCUT2D eigenvalue weighted by atomic mass is 16.5. The summed E-state index contributed by atoms with van der Waals surface area (Å²) >= 11 is 0. The van der Waals surface area contributed by atoms with Crippen molar-refractivity contribution >= 4 is 11.9 Å². The molecule has 0 bridgehead atoms. The van der Waals surface area contributed by atoms with Crippen molar-refractivity contribution in [1.82, 2.24) is 14.7 Å². The van der Waals surface area contributed by atoms with E-state index in [1.165, 1.54) is 6.20 Å². The summed E-state index contributed by atoms with van der Waals surface area (Å²) in [5.74, 6) is 0.138. The zero-order valence-electron chi connectivity index (χ0n) is 15.7. The molecular formula is C20H25N3O4. The van der Waals surface area contributed by atoms with E-state index in [0.29, 0.717) is 19.5 Å². The molecule has 27 heavy (non-hydrogen) atoms. The Balaban J connectivity index is 1.52. The summed E-state index contributed by atoms with van der Waals surface area (Å²) in [6, 6.07) is 7.97. The van der Waals surface area contributed by atoms with Crippen LogP contribution in [-0.2, 0) is 4.79 Å². The highest BCUT2D eigenvalue weighted by Crippen LogP contribution is 2.26. The first-order chi connectivity index (χ1) is 13.0. The molecule has 1 saturated heterocycles. The van der Waals surface area contributed by atoms with Crippen LogP contribution in [0.3, 0.4) is 0 Å². The number of benzene rings is 1. The van der Waals surface area contributed by atoms with Gasteiger partial charge >= 0.3 is 5.97 Å². The first-order valence-corrected chi connectivity index (χ1v) is 9.17. The molecule has 0 saturated carbocycles. The van der Waals surface area contributed by atoms with Crippen LogP contribution in [0.25, 0.3) is 0 Å². The molecule has 1 aliphatic heterocycles. The van der Waals surface area contributed by atoms with E-state index in [1.807, 2.05) is 29.2 Å². The number of amides is 1. The van der Waals surface area contributed by atoms with E-state index in [1.54, 1.807) is 18.0 Å². The Morgan fingerprint density at radius 2 is 1.93 bits per heavy atom. The average Bonchev–Trinajstić information content (AvgIpc) is 3.18. The topological polar surface area (TPSA) is 84.7 Å². The lowest BCUT2D eigenvalue weighted by atomic mass is 9.96. The second-order valence-corrected chi connectivity index (χ2v) is 7.00. The van der Waals surface area contributed by atoms with Crippen LogP contribution in [-0.4, -0.2) is 51.9 Å². The SMILES string of the molecule is COc1ccc(C(C)CC(=O)N2CCC(n3cc(C(=O)O)cn3)CC2)cc1. The van der Waals surface area contributed by atoms with Crippen LogP contribution in [0.5, 0.6) is 5.75 Å². The maximum Gasteiger partial charge on any atom is 0.338 e. The number of nitrogens with zero attached hydrogens (tertiary/aromatic N) is 3. The molecule has 0 aliphatic carbocycles. The Kier molecular flexibility index (Phi) is 5.78. The van der Waals surface area contributed by atoms with Crippen LogP contribution in [0.2, 0.25) is 0 Å². The maximum absolute atomic E-state index is 12.6. The molecule has 3 rings (SSSR count). The minimum atomic E-state index is -0.971. The van der Waals surface area contributed by atoms with Gasteiger partial charge in [-0.3, -0.25) is 9.48 Å². The highest BCUT2D eigenvalue weighted by molar-refractivity contribution is 5.86.